The average molecular weight is 628 g/mol. The predicted octanol–water partition coefficient (Wildman–Crippen LogP) is 5.67. The van der Waals surface area contributed by atoms with Crippen molar-refractivity contribution in [3.8, 4) is 5.82 Å². The van der Waals surface area contributed by atoms with Crippen LogP contribution < -0.4 is 10.6 Å². The first kappa shape index (κ1) is 28.8. The molecule has 0 bridgehead atoms. The molecule has 1 atom stereocenters. The second kappa shape index (κ2) is 11.3. The second-order valence-electron chi connectivity index (χ2n) is 9.40. The first-order valence-corrected chi connectivity index (χ1v) is 13.3. The fourth-order valence-electron chi connectivity index (χ4n) is 4.09. The first-order valence-electron chi connectivity index (χ1n) is 12.2. The van der Waals surface area contributed by atoms with Gasteiger partial charge in [0.2, 0.25) is 0 Å². The van der Waals surface area contributed by atoms with Crippen molar-refractivity contribution in [1.82, 2.24) is 35.1 Å². The summed E-state index contributed by atoms with van der Waals surface area (Å²) in [5.74, 6) is -0.774. The molecule has 5 rings (SSSR count). The molecule has 41 heavy (non-hydrogen) atoms. The van der Waals surface area contributed by atoms with Crippen LogP contribution in [0.2, 0.25) is 15.1 Å². The quantitative estimate of drug-likeness (QED) is 0.260. The van der Waals surface area contributed by atoms with Crippen LogP contribution >= 0.6 is 34.8 Å². The van der Waals surface area contributed by atoms with Gasteiger partial charge in [0.05, 0.1) is 39.7 Å². The third-order valence-corrected chi connectivity index (χ3v) is 7.12. The van der Waals surface area contributed by atoms with Gasteiger partial charge in [-0.2, -0.15) is 18.3 Å². The summed E-state index contributed by atoms with van der Waals surface area (Å²) < 4.78 is 41.0. The average Bonchev–Trinajstić information content (AvgIpc) is 3.51. The molecule has 3 heterocycles. The van der Waals surface area contributed by atoms with Gasteiger partial charge in [0.1, 0.15) is 5.69 Å². The Labute approximate surface area is 245 Å². The number of rotatable bonds is 8. The molecule has 0 aliphatic heterocycles. The van der Waals surface area contributed by atoms with Crippen molar-refractivity contribution in [1.29, 1.82) is 0 Å². The summed E-state index contributed by atoms with van der Waals surface area (Å²) in [7, 11) is 0. The highest BCUT2D eigenvalue weighted by Gasteiger charge is 2.35. The predicted molar refractivity (Wildman–Crippen MR) is 145 cm³/mol. The van der Waals surface area contributed by atoms with Crippen molar-refractivity contribution in [2.75, 3.05) is 5.32 Å². The minimum atomic E-state index is -4.68. The van der Waals surface area contributed by atoms with Gasteiger partial charge in [-0.15, -0.1) is 5.10 Å². The Morgan fingerprint density at radius 3 is 2.54 bits per heavy atom. The topological polar surface area (TPSA) is 120 Å². The van der Waals surface area contributed by atoms with Gasteiger partial charge in [0.15, 0.2) is 11.5 Å². The standard InChI is InChI=1S/C25H20Cl3F3N8O2/c1-12(13-4-5-13)33-23(40)16-7-14(26)8-18(28)21(16)34-24(41)19-9-15(10-38-11-20(35-37-38)25(29,30)31)36-39(19)22-17(27)3-2-6-32-22/h2-3,6-9,11-13H,4-5,10H2,1H3,(H,33,40)(H,34,41). The lowest BCUT2D eigenvalue weighted by Gasteiger charge is -2.17. The van der Waals surface area contributed by atoms with Crippen LogP contribution in [0.1, 0.15) is 52.0 Å². The molecule has 1 aliphatic rings. The van der Waals surface area contributed by atoms with Crippen LogP contribution in [-0.2, 0) is 12.7 Å². The monoisotopic (exact) mass is 626 g/mol. The summed E-state index contributed by atoms with van der Waals surface area (Å²) in [4.78, 5) is 30.9. The second-order valence-corrected chi connectivity index (χ2v) is 10.7. The summed E-state index contributed by atoms with van der Waals surface area (Å²) >= 11 is 18.9. The Morgan fingerprint density at radius 2 is 1.88 bits per heavy atom. The molecular weight excluding hydrogens is 608 g/mol. The molecule has 2 N–H and O–H groups in total. The van der Waals surface area contributed by atoms with Gasteiger partial charge >= 0.3 is 6.18 Å². The number of carbonyl (C=O) groups is 2. The van der Waals surface area contributed by atoms with E-state index in [4.69, 9.17) is 34.8 Å². The molecule has 214 valence electrons. The number of pyridine rings is 1. The van der Waals surface area contributed by atoms with Crippen molar-refractivity contribution in [3.63, 3.8) is 0 Å². The number of aromatic nitrogens is 6. The number of nitrogens with one attached hydrogen (secondary N) is 2. The number of benzene rings is 1. The molecule has 1 aromatic carbocycles. The molecule has 2 amide bonds. The third-order valence-electron chi connectivity index (χ3n) is 6.31. The molecule has 0 saturated heterocycles. The smallest absolute Gasteiger partial charge is 0.349 e. The minimum Gasteiger partial charge on any atom is -0.349 e. The van der Waals surface area contributed by atoms with Crippen LogP contribution in [-0.4, -0.2) is 47.6 Å². The number of hydrogen-bond donors (Lipinski definition) is 2. The van der Waals surface area contributed by atoms with Gasteiger partial charge in [-0.3, -0.25) is 9.59 Å². The van der Waals surface area contributed by atoms with Gasteiger partial charge in [-0.1, -0.05) is 40.0 Å². The fourth-order valence-corrected chi connectivity index (χ4v) is 4.83. The Balaban J connectivity index is 1.49. The lowest BCUT2D eigenvalue weighted by atomic mass is 10.1. The number of nitrogens with zero attached hydrogens (tertiary/aromatic N) is 6. The maximum absolute atomic E-state index is 13.6. The van der Waals surface area contributed by atoms with Crippen LogP contribution in [0, 0.1) is 5.92 Å². The Hall–Kier alpha value is -3.68. The van der Waals surface area contributed by atoms with E-state index in [0.717, 1.165) is 22.2 Å². The van der Waals surface area contributed by atoms with E-state index in [1.54, 1.807) is 6.07 Å². The number of anilines is 1. The van der Waals surface area contributed by atoms with Gasteiger partial charge in [0, 0.05) is 17.3 Å². The van der Waals surface area contributed by atoms with Crippen molar-refractivity contribution in [3.05, 3.63) is 80.4 Å². The lowest BCUT2D eigenvalue weighted by molar-refractivity contribution is -0.141. The minimum absolute atomic E-state index is 0.00840. The van der Waals surface area contributed by atoms with E-state index in [1.807, 2.05) is 6.92 Å². The summed E-state index contributed by atoms with van der Waals surface area (Å²) in [6, 6.07) is 7.10. The highest BCUT2D eigenvalue weighted by atomic mass is 35.5. The summed E-state index contributed by atoms with van der Waals surface area (Å²) in [5, 5.41) is 16.9. The molecule has 1 aliphatic carbocycles. The SMILES string of the molecule is CC(NC(=O)c1cc(Cl)cc(Cl)c1NC(=O)c1cc(Cn2cc(C(F)(F)F)nn2)nn1-c1ncccc1Cl)C1CC1. The van der Waals surface area contributed by atoms with E-state index in [1.165, 1.54) is 30.5 Å². The van der Waals surface area contributed by atoms with Gasteiger partial charge in [-0.05, 0) is 56.0 Å². The van der Waals surface area contributed by atoms with Crippen molar-refractivity contribution >= 4 is 52.3 Å². The van der Waals surface area contributed by atoms with E-state index in [0.29, 0.717) is 12.1 Å². The van der Waals surface area contributed by atoms with E-state index >= 15 is 0 Å². The normalized spacial score (nSPS) is 14.1. The summed E-state index contributed by atoms with van der Waals surface area (Å²) in [6.45, 7) is 1.64. The molecule has 0 spiro atoms. The molecule has 1 unspecified atom stereocenters. The lowest BCUT2D eigenvalue weighted by Crippen LogP contribution is -2.34. The molecule has 1 fully saturated rings. The van der Waals surface area contributed by atoms with Gasteiger partial charge in [0.25, 0.3) is 11.8 Å². The number of alkyl halides is 3. The zero-order chi connectivity index (χ0) is 29.5. The van der Waals surface area contributed by atoms with Crippen LogP contribution in [0.25, 0.3) is 5.82 Å². The van der Waals surface area contributed by atoms with E-state index in [2.05, 4.69) is 31.0 Å². The summed E-state index contributed by atoms with van der Waals surface area (Å²) in [5.41, 5.74) is -1.07. The highest BCUT2D eigenvalue weighted by Crippen LogP contribution is 2.34. The van der Waals surface area contributed by atoms with E-state index in [-0.39, 0.29) is 56.1 Å². The Bertz CT molecular complexity index is 1630. The van der Waals surface area contributed by atoms with Crippen LogP contribution in [0.3, 0.4) is 0 Å². The molecule has 16 heteroatoms. The van der Waals surface area contributed by atoms with E-state index in [9.17, 15) is 22.8 Å². The Morgan fingerprint density at radius 1 is 1.12 bits per heavy atom. The van der Waals surface area contributed by atoms with Crippen molar-refractivity contribution in [2.24, 2.45) is 5.92 Å². The summed E-state index contributed by atoms with van der Waals surface area (Å²) in [6.07, 6.45) is -0.515. The van der Waals surface area contributed by atoms with Crippen LogP contribution in [0.4, 0.5) is 18.9 Å². The van der Waals surface area contributed by atoms with Crippen LogP contribution in [0.15, 0.2) is 42.7 Å². The molecule has 10 nitrogen and oxygen atoms in total. The number of hydrogen-bond acceptors (Lipinski definition) is 6. The molecule has 0 radical (unpaired) electrons. The Kier molecular flexibility index (Phi) is 7.95. The van der Waals surface area contributed by atoms with Crippen LogP contribution in [0.5, 0.6) is 0 Å². The van der Waals surface area contributed by atoms with Gasteiger partial charge in [-0.25, -0.2) is 14.3 Å². The number of carbonyl (C=O) groups excluding carboxylic acids is 2. The molecule has 4 aromatic rings. The highest BCUT2D eigenvalue weighted by molar-refractivity contribution is 6.38. The van der Waals surface area contributed by atoms with E-state index < -0.39 is 23.7 Å². The first-order chi connectivity index (χ1) is 19.4. The molecule has 3 aromatic heterocycles. The van der Waals surface area contributed by atoms with Gasteiger partial charge < -0.3 is 10.6 Å². The zero-order valence-corrected chi connectivity index (χ0v) is 23.4. The number of amides is 2. The largest absolute Gasteiger partial charge is 0.436 e. The maximum atomic E-state index is 13.6. The molecule has 1 saturated carbocycles. The molecular formula is C25H20Cl3F3N8O2. The number of halogens is 6. The van der Waals surface area contributed by atoms with Crippen molar-refractivity contribution in [2.45, 2.75) is 38.5 Å². The zero-order valence-electron chi connectivity index (χ0n) is 21.1. The van der Waals surface area contributed by atoms with Crippen molar-refractivity contribution < 1.29 is 22.8 Å². The third kappa shape index (κ3) is 6.47. The fraction of sp³-hybridized carbons (Fsp3) is 0.280. The maximum Gasteiger partial charge on any atom is 0.436 e.